The summed E-state index contributed by atoms with van der Waals surface area (Å²) < 4.78 is 0. The summed E-state index contributed by atoms with van der Waals surface area (Å²) in [6, 6.07) is 52.2. The molecule has 7 rings (SSSR count). The quantitative estimate of drug-likeness (QED) is 0.252. The van der Waals surface area contributed by atoms with E-state index in [0.29, 0.717) is 0 Å². The minimum atomic E-state index is 1.08. The monoisotopic (exact) mass is 471 g/mol. The Labute approximate surface area is 216 Å². The molecule has 7 aromatic rings. The van der Waals surface area contributed by atoms with Crippen LogP contribution in [-0.4, -0.2) is 0 Å². The predicted octanol–water partition coefficient (Wildman–Crippen LogP) is 10.2. The van der Waals surface area contributed by atoms with Crippen molar-refractivity contribution < 1.29 is 0 Å². The van der Waals surface area contributed by atoms with E-state index in [-0.39, 0.29) is 0 Å². The van der Waals surface area contributed by atoms with Crippen molar-refractivity contribution in [2.75, 3.05) is 5.32 Å². The van der Waals surface area contributed by atoms with Crippen LogP contribution in [-0.2, 0) is 0 Å². The van der Waals surface area contributed by atoms with Crippen molar-refractivity contribution in [1.82, 2.24) is 0 Å². The highest BCUT2D eigenvalue weighted by Gasteiger charge is 2.09. The van der Waals surface area contributed by atoms with Crippen molar-refractivity contribution in [1.29, 1.82) is 0 Å². The average Bonchev–Trinajstić information content (AvgIpc) is 2.97. The van der Waals surface area contributed by atoms with Gasteiger partial charge in [-0.3, -0.25) is 0 Å². The van der Waals surface area contributed by atoms with Crippen LogP contribution in [0.25, 0.3) is 54.6 Å². The summed E-state index contributed by atoms with van der Waals surface area (Å²) >= 11 is 0. The van der Waals surface area contributed by atoms with Crippen molar-refractivity contribution in [3.8, 4) is 22.3 Å². The molecule has 7 aromatic carbocycles. The van der Waals surface area contributed by atoms with Crippen LogP contribution in [0.4, 0.5) is 11.4 Å². The van der Waals surface area contributed by atoms with Crippen LogP contribution in [0.1, 0.15) is 0 Å². The van der Waals surface area contributed by atoms with Gasteiger partial charge in [-0.05, 0) is 91.0 Å². The normalized spacial score (nSPS) is 11.2. The van der Waals surface area contributed by atoms with Crippen molar-refractivity contribution in [3.05, 3.63) is 146 Å². The smallest absolute Gasteiger partial charge is 0.0390 e. The second-order valence-electron chi connectivity index (χ2n) is 9.54. The summed E-state index contributed by atoms with van der Waals surface area (Å²) in [5.41, 5.74) is 7.12. The Morgan fingerprint density at radius 2 is 0.946 bits per heavy atom. The van der Waals surface area contributed by atoms with Gasteiger partial charge < -0.3 is 5.32 Å². The number of anilines is 2. The fraction of sp³-hybridized carbons (Fsp3) is 0. The van der Waals surface area contributed by atoms with Gasteiger partial charge in [-0.2, -0.15) is 0 Å². The third kappa shape index (κ3) is 4.01. The molecule has 0 radical (unpaired) electrons. The van der Waals surface area contributed by atoms with Crippen molar-refractivity contribution in [2.45, 2.75) is 0 Å². The van der Waals surface area contributed by atoms with Crippen LogP contribution < -0.4 is 5.32 Å². The van der Waals surface area contributed by atoms with Crippen molar-refractivity contribution in [2.24, 2.45) is 0 Å². The largest absolute Gasteiger partial charge is 0.356 e. The lowest BCUT2D eigenvalue weighted by molar-refractivity contribution is 1.55. The fourth-order valence-electron chi connectivity index (χ4n) is 5.33. The predicted molar refractivity (Wildman–Crippen MR) is 160 cm³/mol. The first-order chi connectivity index (χ1) is 18.3. The molecule has 37 heavy (non-hydrogen) atoms. The molecule has 0 heterocycles. The average molecular weight is 472 g/mol. The maximum absolute atomic E-state index is 3.59. The number of fused-ring (bicyclic) bond motifs is 4. The zero-order valence-corrected chi connectivity index (χ0v) is 20.4. The van der Waals surface area contributed by atoms with Gasteiger partial charge in [-0.1, -0.05) is 109 Å². The molecule has 0 amide bonds. The molecule has 0 saturated heterocycles. The van der Waals surface area contributed by atoms with Crippen LogP contribution >= 0.6 is 0 Å². The van der Waals surface area contributed by atoms with Crippen molar-refractivity contribution in [3.63, 3.8) is 0 Å². The summed E-state index contributed by atoms with van der Waals surface area (Å²) in [6.45, 7) is 0. The Balaban J connectivity index is 1.26. The van der Waals surface area contributed by atoms with E-state index in [9.17, 15) is 0 Å². The lowest BCUT2D eigenvalue weighted by Gasteiger charge is -2.13. The van der Waals surface area contributed by atoms with E-state index < -0.39 is 0 Å². The standard InChI is InChI=1S/C36H25N/c1-2-8-25(9-3-1)26-16-19-31(20-17-26)37-32-21-18-27-14-15-29(22-30(27)23-32)36-24-28-10-4-5-11-33(28)34-12-6-7-13-35(34)36/h1-24,37H. The highest BCUT2D eigenvalue weighted by atomic mass is 14.9. The number of rotatable bonds is 4. The van der Waals surface area contributed by atoms with Gasteiger partial charge in [-0.25, -0.2) is 0 Å². The lowest BCUT2D eigenvalue weighted by atomic mass is 9.92. The molecule has 0 aromatic heterocycles. The SMILES string of the molecule is c1ccc(-c2ccc(Nc3ccc4ccc(-c5cc6ccccc6c6ccccc56)cc4c3)cc2)cc1. The molecule has 0 bridgehead atoms. The molecule has 0 saturated carbocycles. The lowest BCUT2D eigenvalue weighted by Crippen LogP contribution is -1.90. The van der Waals surface area contributed by atoms with E-state index in [2.05, 4.69) is 145 Å². The summed E-state index contributed by atoms with van der Waals surface area (Å²) in [5, 5.41) is 11.2. The van der Waals surface area contributed by atoms with Crippen LogP contribution in [0.3, 0.4) is 0 Å². The van der Waals surface area contributed by atoms with Crippen LogP contribution in [0.15, 0.2) is 146 Å². The molecule has 174 valence electrons. The first kappa shape index (κ1) is 21.4. The van der Waals surface area contributed by atoms with Gasteiger partial charge in [0.05, 0.1) is 0 Å². The van der Waals surface area contributed by atoms with E-state index >= 15 is 0 Å². The highest BCUT2D eigenvalue weighted by molar-refractivity contribution is 6.14. The molecule has 1 heteroatoms. The summed E-state index contributed by atoms with van der Waals surface area (Å²) in [4.78, 5) is 0. The summed E-state index contributed by atoms with van der Waals surface area (Å²) in [5.74, 6) is 0. The highest BCUT2D eigenvalue weighted by Crippen LogP contribution is 2.36. The van der Waals surface area contributed by atoms with Gasteiger partial charge in [0.2, 0.25) is 0 Å². The Morgan fingerprint density at radius 1 is 0.324 bits per heavy atom. The molecule has 0 aliphatic carbocycles. The van der Waals surface area contributed by atoms with Gasteiger partial charge in [0.15, 0.2) is 0 Å². The molecular formula is C36H25N. The van der Waals surface area contributed by atoms with Crippen molar-refractivity contribution >= 4 is 43.7 Å². The van der Waals surface area contributed by atoms with Crippen LogP contribution in [0, 0.1) is 0 Å². The second kappa shape index (κ2) is 8.96. The van der Waals surface area contributed by atoms with E-state index in [1.807, 2.05) is 6.07 Å². The summed E-state index contributed by atoms with van der Waals surface area (Å²) in [7, 11) is 0. The molecule has 1 nitrogen and oxygen atoms in total. The Morgan fingerprint density at radius 3 is 1.78 bits per heavy atom. The van der Waals surface area contributed by atoms with Gasteiger partial charge in [0.25, 0.3) is 0 Å². The first-order valence-electron chi connectivity index (χ1n) is 12.7. The first-order valence-corrected chi connectivity index (χ1v) is 12.7. The molecule has 0 aliphatic rings. The van der Waals surface area contributed by atoms with Gasteiger partial charge >= 0.3 is 0 Å². The minimum Gasteiger partial charge on any atom is -0.356 e. The minimum absolute atomic E-state index is 1.08. The molecule has 1 N–H and O–H groups in total. The van der Waals surface area contributed by atoms with E-state index in [0.717, 1.165) is 11.4 Å². The van der Waals surface area contributed by atoms with Gasteiger partial charge in [0.1, 0.15) is 0 Å². The molecule has 0 spiro atoms. The maximum atomic E-state index is 3.59. The Kier molecular flexibility index (Phi) is 5.19. The Bertz CT molecular complexity index is 1880. The molecule has 0 aliphatic heterocycles. The number of hydrogen-bond donors (Lipinski definition) is 1. The Hall–Kier alpha value is -4.88. The number of nitrogens with one attached hydrogen (secondary N) is 1. The third-order valence-electron chi connectivity index (χ3n) is 7.20. The second-order valence-corrected chi connectivity index (χ2v) is 9.54. The maximum Gasteiger partial charge on any atom is 0.0390 e. The number of benzene rings is 7. The van der Waals surface area contributed by atoms with E-state index in [4.69, 9.17) is 0 Å². The fourth-order valence-corrected chi connectivity index (χ4v) is 5.33. The topological polar surface area (TPSA) is 12.0 Å². The summed E-state index contributed by atoms with van der Waals surface area (Å²) in [6.07, 6.45) is 0. The zero-order chi connectivity index (χ0) is 24.6. The van der Waals surface area contributed by atoms with E-state index in [1.165, 1.54) is 54.6 Å². The zero-order valence-electron chi connectivity index (χ0n) is 20.4. The van der Waals surface area contributed by atoms with Crippen LogP contribution in [0.5, 0.6) is 0 Å². The molecule has 0 atom stereocenters. The third-order valence-corrected chi connectivity index (χ3v) is 7.20. The van der Waals surface area contributed by atoms with Gasteiger partial charge in [-0.15, -0.1) is 0 Å². The van der Waals surface area contributed by atoms with E-state index in [1.54, 1.807) is 0 Å². The van der Waals surface area contributed by atoms with Gasteiger partial charge in [0, 0.05) is 11.4 Å². The molecule has 0 unspecified atom stereocenters. The number of hydrogen-bond acceptors (Lipinski definition) is 1. The molecule has 0 fully saturated rings. The van der Waals surface area contributed by atoms with Crippen LogP contribution in [0.2, 0.25) is 0 Å². The molecular weight excluding hydrogens is 446 g/mol.